The lowest BCUT2D eigenvalue weighted by molar-refractivity contribution is -0.192. The first-order valence-electron chi connectivity index (χ1n) is 3.63. The van der Waals surface area contributed by atoms with Gasteiger partial charge in [-0.15, -0.1) is 5.06 Å². The third-order valence-corrected chi connectivity index (χ3v) is 1.54. The molecule has 0 radical (unpaired) electrons. The van der Waals surface area contributed by atoms with Crippen LogP contribution in [0.1, 0.15) is 19.8 Å². The summed E-state index contributed by atoms with van der Waals surface area (Å²) in [4.78, 5) is 26.0. The molecule has 0 amide bonds. The van der Waals surface area contributed by atoms with Crippen LogP contribution in [0.4, 0.5) is 0 Å². The SMILES string of the molecule is CC(=O)ON1CCC(=O)CC1. The average molecular weight is 157 g/mol. The summed E-state index contributed by atoms with van der Waals surface area (Å²) in [5, 5.41) is 1.53. The molecule has 11 heavy (non-hydrogen) atoms. The minimum absolute atomic E-state index is 0.244. The Morgan fingerprint density at radius 1 is 1.45 bits per heavy atom. The van der Waals surface area contributed by atoms with Crippen LogP contribution in [0.5, 0.6) is 0 Å². The average Bonchev–Trinajstić information content (AvgIpc) is 1.93. The van der Waals surface area contributed by atoms with E-state index in [1.54, 1.807) is 0 Å². The van der Waals surface area contributed by atoms with E-state index in [0.717, 1.165) is 0 Å². The lowest BCUT2D eigenvalue weighted by Crippen LogP contribution is -2.35. The summed E-state index contributed by atoms with van der Waals surface area (Å²) in [6.07, 6.45) is 0.987. The molecule has 62 valence electrons. The first-order chi connectivity index (χ1) is 5.18. The van der Waals surface area contributed by atoms with Gasteiger partial charge in [-0.25, -0.2) is 0 Å². The number of Topliss-reactive ketones (excluding diaryl/α,β-unsaturated/α-hetero) is 1. The van der Waals surface area contributed by atoms with Crippen LogP contribution >= 0.6 is 0 Å². The zero-order valence-electron chi connectivity index (χ0n) is 6.50. The number of hydroxylamine groups is 2. The van der Waals surface area contributed by atoms with E-state index in [1.165, 1.54) is 12.0 Å². The second kappa shape index (κ2) is 3.48. The van der Waals surface area contributed by atoms with Crippen molar-refractivity contribution >= 4 is 11.8 Å². The van der Waals surface area contributed by atoms with Gasteiger partial charge in [0.1, 0.15) is 5.78 Å². The summed E-state index contributed by atoms with van der Waals surface area (Å²) in [7, 11) is 0. The number of piperidine rings is 1. The van der Waals surface area contributed by atoms with Crippen LogP contribution in [0.2, 0.25) is 0 Å². The van der Waals surface area contributed by atoms with Crippen LogP contribution in [0.25, 0.3) is 0 Å². The first kappa shape index (κ1) is 8.20. The molecule has 0 aromatic heterocycles. The zero-order valence-corrected chi connectivity index (χ0v) is 6.50. The van der Waals surface area contributed by atoms with E-state index in [0.29, 0.717) is 25.9 Å². The molecule has 1 aliphatic rings. The smallest absolute Gasteiger partial charge is 0.322 e. The topological polar surface area (TPSA) is 46.6 Å². The normalized spacial score (nSPS) is 19.9. The van der Waals surface area contributed by atoms with E-state index in [1.807, 2.05) is 0 Å². The number of nitrogens with zero attached hydrogens (tertiary/aromatic N) is 1. The summed E-state index contributed by atoms with van der Waals surface area (Å²) in [6, 6.07) is 0. The van der Waals surface area contributed by atoms with Crippen LogP contribution in [-0.4, -0.2) is 29.9 Å². The van der Waals surface area contributed by atoms with Crippen molar-refractivity contribution < 1.29 is 14.4 Å². The van der Waals surface area contributed by atoms with Gasteiger partial charge in [-0.2, -0.15) is 0 Å². The largest absolute Gasteiger partial charge is 0.368 e. The molecule has 4 heteroatoms. The number of ketones is 1. The van der Waals surface area contributed by atoms with Gasteiger partial charge in [0.2, 0.25) is 0 Å². The van der Waals surface area contributed by atoms with Crippen molar-refractivity contribution in [2.75, 3.05) is 13.1 Å². The Hall–Kier alpha value is -0.900. The lowest BCUT2D eigenvalue weighted by atomic mass is 10.1. The molecule has 0 aromatic carbocycles. The highest BCUT2D eigenvalue weighted by atomic mass is 16.7. The predicted molar refractivity (Wildman–Crippen MR) is 37.6 cm³/mol. The third kappa shape index (κ3) is 2.67. The first-order valence-corrected chi connectivity index (χ1v) is 3.63. The molecule has 4 nitrogen and oxygen atoms in total. The molecule has 0 saturated carbocycles. The van der Waals surface area contributed by atoms with Crippen molar-refractivity contribution in [3.63, 3.8) is 0 Å². The van der Waals surface area contributed by atoms with Gasteiger partial charge in [0.15, 0.2) is 0 Å². The summed E-state index contributed by atoms with van der Waals surface area (Å²) < 4.78 is 0. The summed E-state index contributed by atoms with van der Waals surface area (Å²) in [5.41, 5.74) is 0. The minimum Gasteiger partial charge on any atom is -0.368 e. The monoisotopic (exact) mass is 157 g/mol. The van der Waals surface area contributed by atoms with Gasteiger partial charge in [-0.3, -0.25) is 9.59 Å². The molecule has 0 aromatic rings. The maximum atomic E-state index is 10.7. The molecule has 1 aliphatic heterocycles. The van der Waals surface area contributed by atoms with E-state index in [2.05, 4.69) is 0 Å². The molecule has 0 N–H and O–H groups in total. The fourth-order valence-electron chi connectivity index (χ4n) is 1.01. The van der Waals surface area contributed by atoms with Crippen LogP contribution in [0.15, 0.2) is 0 Å². The van der Waals surface area contributed by atoms with Gasteiger partial charge in [0.05, 0.1) is 0 Å². The van der Waals surface area contributed by atoms with E-state index in [9.17, 15) is 9.59 Å². The molecule has 1 fully saturated rings. The molecule has 1 saturated heterocycles. The standard InChI is InChI=1S/C7H11NO3/c1-6(9)11-8-4-2-7(10)3-5-8/h2-5H2,1H3. The van der Waals surface area contributed by atoms with Gasteiger partial charge >= 0.3 is 5.97 Å². The second-order valence-electron chi connectivity index (χ2n) is 2.55. The Labute approximate surface area is 65.1 Å². The number of rotatable bonds is 1. The van der Waals surface area contributed by atoms with Gasteiger partial charge in [0.25, 0.3) is 0 Å². The Kier molecular flexibility index (Phi) is 2.59. The van der Waals surface area contributed by atoms with Gasteiger partial charge < -0.3 is 4.84 Å². The molecular weight excluding hydrogens is 146 g/mol. The predicted octanol–water partition coefficient (Wildman–Crippen LogP) is 0.129. The molecule has 0 atom stereocenters. The molecule has 1 heterocycles. The van der Waals surface area contributed by atoms with Crippen molar-refractivity contribution in [2.24, 2.45) is 0 Å². The Morgan fingerprint density at radius 2 is 2.00 bits per heavy atom. The van der Waals surface area contributed by atoms with E-state index in [-0.39, 0.29) is 11.8 Å². The van der Waals surface area contributed by atoms with Crippen molar-refractivity contribution in [3.8, 4) is 0 Å². The maximum Gasteiger partial charge on any atom is 0.322 e. The summed E-state index contributed by atoms with van der Waals surface area (Å²) in [6.45, 7) is 2.44. The Balaban J connectivity index is 2.28. The summed E-state index contributed by atoms with van der Waals surface area (Å²) >= 11 is 0. The van der Waals surface area contributed by atoms with Crippen LogP contribution in [0.3, 0.4) is 0 Å². The van der Waals surface area contributed by atoms with E-state index in [4.69, 9.17) is 4.84 Å². The van der Waals surface area contributed by atoms with Crippen LogP contribution in [0, 0.1) is 0 Å². The highest BCUT2D eigenvalue weighted by molar-refractivity contribution is 5.79. The molecular formula is C7H11NO3. The fraction of sp³-hybridized carbons (Fsp3) is 0.714. The van der Waals surface area contributed by atoms with Crippen LogP contribution < -0.4 is 0 Å². The second-order valence-corrected chi connectivity index (χ2v) is 2.55. The number of hydrogen-bond donors (Lipinski definition) is 0. The van der Waals surface area contributed by atoms with Crippen molar-refractivity contribution in [1.29, 1.82) is 0 Å². The molecule has 0 aliphatic carbocycles. The van der Waals surface area contributed by atoms with Crippen molar-refractivity contribution in [1.82, 2.24) is 5.06 Å². The molecule has 0 unspecified atom stereocenters. The molecule has 1 rings (SSSR count). The molecule has 0 spiro atoms. The Morgan fingerprint density at radius 3 is 2.45 bits per heavy atom. The van der Waals surface area contributed by atoms with Crippen LogP contribution in [-0.2, 0) is 14.4 Å². The highest BCUT2D eigenvalue weighted by Gasteiger charge is 2.17. The van der Waals surface area contributed by atoms with Gasteiger partial charge in [-0.05, 0) is 0 Å². The van der Waals surface area contributed by atoms with E-state index >= 15 is 0 Å². The number of carbonyl (C=O) groups is 2. The quantitative estimate of drug-likeness (QED) is 0.542. The van der Waals surface area contributed by atoms with Gasteiger partial charge in [0, 0.05) is 32.9 Å². The number of carbonyl (C=O) groups excluding carboxylic acids is 2. The van der Waals surface area contributed by atoms with Gasteiger partial charge in [-0.1, -0.05) is 0 Å². The highest BCUT2D eigenvalue weighted by Crippen LogP contribution is 2.05. The molecule has 0 bridgehead atoms. The van der Waals surface area contributed by atoms with Crippen molar-refractivity contribution in [3.05, 3.63) is 0 Å². The van der Waals surface area contributed by atoms with E-state index < -0.39 is 0 Å². The zero-order chi connectivity index (χ0) is 8.27. The number of hydrogen-bond acceptors (Lipinski definition) is 4. The minimum atomic E-state index is -0.320. The lowest BCUT2D eigenvalue weighted by Gasteiger charge is -2.23. The maximum absolute atomic E-state index is 10.7. The third-order valence-electron chi connectivity index (χ3n) is 1.54. The fourth-order valence-corrected chi connectivity index (χ4v) is 1.01. The Bertz CT molecular complexity index is 169. The van der Waals surface area contributed by atoms with Crippen molar-refractivity contribution in [2.45, 2.75) is 19.8 Å². The summed E-state index contributed by atoms with van der Waals surface area (Å²) in [5.74, 6) is -0.0762.